The molecule has 0 aliphatic heterocycles. The summed E-state index contributed by atoms with van der Waals surface area (Å²) >= 11 is 0. The number of amides is 1. The molecule has 3 N–H and O–H groups in total. The third kappa shape index (κ3) is 3.71. The summed E-state index contributed by atoms with van der Waals surface area (Å²) < 4.78 is 0. The van der Waals surface area contributed by atoms with E-state index in [1.807, 2.05) is 41.5 Å². The number of hydroxylamine groups is 2. The highest BCUT2D eigenvalue weighted by atomic mass is 16.6. The SMILES string of the molecule is CC(c1cc(C(C)(C)C)c(O)c(C(C)(C)C)c1)N(O)C(=O)O. The first-order chi connectivity index (χ1) is 9.76. The number of benzene rings is 1. The maximum absolute atomic E-state index is 11.0. The number of nitrogens with zero attached hydrogens (tertiary/aromatic N) is 1. The molecule has 124 valence electrons. The number of rotatable bonds is 2. The molecule has 0 aliphatic carbocycles. The zero-order valence-corrected chi connectivity index (χ0v) is 14.4. The van der Waals surface area contributed by atoms with Crippen LogP contribution in [0.3, 0.4) is 0 Å². The van der Waals surface area contributed by atoms with Gasteiger partial charge in [0.2, 0.25) is 0 Å². The molecular weight excluding hydrogens is 282 g/mol. The smallest absolute Gasteiger partial charge is 0.431 e. The van der Waals surface area contributed by atoms with Crippen molar-refractivity contribution in [3.63, 3.8) is 0 Å². The molecule has 1 aromatic rings. The first-order valence-electron chi connectivity index (χ1n) is 7.35. The van der Waals surface area contributed by atoms with E-state index in [-0.39, 0.29) is 21.6 Å². The standard InChI is InChI=1S/C17H27NO4/c1-10(18(22)15(20)21)11-8-12(16(2,3)4)14(19)13(9-11)17(5,6)7/h8-10,19,22H,1-7H3,(H,20,21). The average Bonchev–Trinajstić information content (AvgIpc) is 2.34. The molecule has 0 bridgehead atoms. The lowest BCUT2D eigenvalue weighted by Gasteiger charge is -2.30. The maximum atomic E-state index is 11.0. The van der Waals surface area contributed by atoms with Crippen LogP contribution in [0.2, 0.25) is 0 Å². The molecule has 1 amide bonds. The fourth-order valence-corrected chi connectivity index (χ4v) is 2.35. The van der Waals surface area contributed by atoms with Gasteiger partial charge in [-0.1, -0.05) is 41.5 Å². The van der Waals surface area contributed by atoms with E-state index in [0.29, 0.717) is 5.56 Å². The molecule has 1 aromatic carbocycles. The summed E-state index contributed by atoms with van der Waals surface area (Å²) in [5, 5.41) is 29.5. The van der Waals surface area contributed by atoms with E-state index in [9.17, 15) is 15.1 Å². The highest BCUT2D eigenvalue weighted by Crippen LogP contribution is 2.41. The molecule has 0 saturated carbocycles. The molecule has 0 heterocycles. The van der Waals surface area contributed by atoms with Crippen molar-refractivity contribution in [2.24, 2.45) is 0 Å². The Labute approximate surface area is 132 Å². The average molecular weight is 309 g/mol. The van der Waals surface area contributed by atoms with Crippen molar-refractivity contribution in [3.05, 3.63) is 28.8 Å². The van der Waals surface area contributed by atoms with Gasteiger partial charge in [0.1, 0.15) is 5.75 Å². The molecule has 0 aliphatic rings. The molecule has 0 aromatic heterocycles. The predicted molar refractivity (Wildman–Crippen MR) is 85.6 cm³/mol. The van der Waals surface area contributed by atoms with Crippen molar-refractivity contribution in [1.82, 2.24) is 5.06 Å². The van der Waals surface area contributed by atoms with Gasteiger partial charge in [-0.2, -0.15) is 5.06 Å². The Morgan fingerprint density at radius 2 is 1.41 bits per heavy atom. The number of carboxylic acid groups (broad SMARTS) is 1. The topological polar surface area (TPSA) is 81.0 Å². The summed E-state index contributed by atoms with van der Waals surface area (Å²) in [7, 11) is 0. The van der Waals surface area contributed by atoms with Gasteiger partial charge < -0.3 is 10.2 Å². The Bertz CT molecular complexity index is 532. The quantitative estimate of drug-likeness (QED) is 0.558. The van der Waals surface area contributed by atoms with Gasteiger partial charge in [0, 0.05) is 0 Å². The van der Waals surface area contributed by atoms with E-state index in [2.05, 4.69) is 0 Å². The van der Waals surface area contributed by atoms with E-state index in [1.54, 1.807) is 19.1 Å². The van der Waals surface area contributed by atoms with Crippen LogP contribution >= 0.6 is 0 Å². The van der Waals surface area contributed by atoms with Crippen molar-refractivity contribution in [2.75, 3.05) is 0 Å². The van der Waals surface area contributed by atoms with Crippen LogP contribution < -0.4 is 0 Å². The lowest BCUT2D eigenvalue weighted by atomic mass is 9.78. The fraction of sp³-hybridized carbons (Fsp3) is 0.588. The van der Waals surface area contributed by atoms with Crippen molar-refractivity contribution < 1.29 is 20.2 Å². The van der Waals surface area contributed by atoms with Crippen LogP contribution in [0.25, 0.3) is 0 Å². The number of hydrogen-bond donors (Lipinski definition) is 3. The zero-order chi connectivity index (χ0) is 17.5. The summed E-state index contributed by atoms with van der Waals surface area (Å²) in [6.45, 7) is 13.5. The molecule has 5 heteroatoms. The fourth-order valence-electron chi connectivity index (χ4n) is 2.35. The van der Waals surface area contributed by atoms with Crippen molar-refractivity contribution in [1.29, 1.82) is 0 Å². The molecule has 0 radical (unpaired) electrons. The highest BCUT2D eigenvalue weighted by molar-refractivity contribution is 5.64. The van der Waals surface area contributed by atoms with Crippen molar-refractivity contribution in [2.45, 2.75) is 65.3 Å². The number of carbonyl (C=O) groups is 1. The number of phenols is 1. The van der Waals surface area contributed by atoms with Crippen LogP contribution in [0.15, 0.2) is 12.1 Å². The molecule has 22 heavy (non-hydrogen) atoms. The van der Waals surface area contributed by atoms with Gasteiger partial charge in [-0.15, -0.1) is 0 Å². The van der Waals surface area contributed by atoms with E-state index >= 15 is 0 Å². The second-order valence-corrected chi connectivity index (χ2v) is 7.77. The molecule has 0 fully saturated rings. The van der Waals surface area contributed by atoms with Crippen LogP contribution in [0.4, 0.5) is 4.79 Å². The van der Waals surface area contributed by atoms with Gasteiger partial charge in [-0.25, -0.2) is 4.79 Å². The maximum Gasteiger partial charge on any atom is 0.431 e. The normalized spacial score (nSPS) is 13.8. The summed E-state index contributed by atoms with van der Waals surface area (Å²) in [6.07, 6.45) is -1.41. The van der Waals surface area contributed by atoms with Gasteiger partial charge in [0.05, 0.1) is 6.04 Å². The number of hydrogen-bond acceptors (Lipinski definition) is 3. The molecule has 0 spiro atoms. The molecule has 5 nitrogen and oxygen atoms in total. The monoisotopic (exact) mass is 309 g/mol. The van der Waals surface area contributed by atoms with Crippen LogP contribution in [-0.2, 0) is 10.8 Å². The van der Waals surface area contributed by atoms with Gasteiger partial charge in [-0.05, 0) is 46.6 Å². The zero-order valence-electron chi connectivity index (χ0n) is 14.4. The minimum Gasteiger partial charge on any atom is -0.507 e. The van der Waals surface area contributed by atoms with Gasteiger partial charge in [0.15, 0.2) is 0 Å². The third-order valence-electron chi connectivity index (χ3n) is 3.79. The Balaban J connectivity index is 3.58. The lowest BCUT2D eigenvalue weighted by molar-refractivity contribution is -0.0929. The molecule has 1 unspecified atom stereocenters. The first kappa shape index (κ1) is 18.3. The van der Waals surface area contributed by atoms with Gasteiger partial charge in [0.25, 0.3) is 0 Å². The van der Waals surface area contributed by atoms with E-state index in [0.717, 1.165) is 11.1 Å². The second kappa shape index (κ2) is 5.80. The summed E-state index contributed by atoms with van der Waals surface area (Å²) in [5.41, 5.74) is 1.52. The van der Waals surface area contributed by atoms with Crippen LogP contribution in [0.1, 0.15) is 71.2 Å². The molecular formula is C17H27NO4. The summed E-state index contributed by atoms with van der Waals surface area (Å²) in [5.74, 6) is 0.232. The van der Waals surface area contributed by atoms with Crippen LogP contribution in [-0.4, -0.2) is 26.6 Å². The van der Waals surface area contributed by atoms with Crippen LogP contribution in [0.5, 0.6) is 5.75 Å². The first-order valence-corrected chi connectivity index (χ1v) is 7.35. The largest absolute Gasteiger partial charge is 0.507 e. The molecule has 0 saturated heterocycles. The Morgan fingerprint density at radius 3 is 1.68 bits per heavy atom. The van der Waals surface area contributed by atoms with Gasteiger partial charge >= 0.3 is 6.09 Å². The summed E-state index contributed by atoms with van der Waals surface area (Å²) in [6, 6.07) is 2.81. The third-order valence-corrected chi connectivity index (χ3v) is 3.79. The second-order valence-electron chi connectivity index (χ2n) is 7.77. The van der Waals surface area contributed by atoms with Crippen LogP contribution in [0, 0.1) is 0 Å². The number of aromatic hydroxyl groups is 1. The molecule has 1 atom stereocenters. The Morgan fingerprint density at radius 1 is 1.05 bits per heavy atom. The van der Waals surface area contributed by atoms with E-state index in [1.165, 1.54) is 0 Å². The number of phenolic OH excluding ortho intramolecular Hbond substituents is 1. The van der Waals surface area contributed by atoms with E-state index in [4.69, 9.17) is 5.11 Å². The minimum atomic E-state index is -1.41. The lowest BCUT2D eigenvalue weighted by Crippen LogP contribution is -2.29. The summed E-state index contributed by atoms with van der Waals surface area (Å²) in [4.78, 5) is 11.0. The Hall–Kier alpha value is -1.75. The highest BCUT2D eigenvalue weighted by Gasteiger charge is 2.29. The predicted octanol–water partition coefficient (Wildman–Crippen LogP) is 4.42. The molecule has 1 rings (SSSR count). The van der Waals surface area contributed by atoms with Crippen molar-refractivity contribution >= 4 is 6.09 Å². The van der Waals surface area contributed by atoms with E-state index < -0.39 is 12.1 Å². The Kier molecular flexibility index (Phi) is 4.82. The van der Waals surface area contributed by atoms with Gasteiger partial charge in [-0.3, -0.25) is 5.21 Å². The minimum absolute atomic E-state index is 0.232. The van der Waals surface area contributed by atoms with Crippen molar-refractivity contribution in [3.8, 4) is 5.75 Å².